The summed E-state index contributed by atoms with van der Waals surface area (Å²) in [6, 6.07) is 8.10. The molecule has 148 valence electrons. The molecule has 2 rings (SSSR count). The summed E-state index contributed by atoms with van der Waals surface area (Å²) in [4.78, 5) is 6.77. The summed E-state index contributed by atoms with van der Waals surface area (Å²) in [5.41, 5.74) is 1.14. The van der Waals surface area contributed by atoms with Crippen molar-refractivity contribution in [2.75, 3.05) is 53.0 Å². The average molecular weight is 476 g/mol. The minimum atomic E-state index is 0. The normalized spacial score (nSPS) is 15.2. The third-order valence-corrected chi connectivity index (χ3v) is 4.24. The van der Waals surface area contributed by atoms with Gasteiger partial charge in [0.25, 0.3) is 0 Å². The van der Waals surface area contributed by atoms with E-state index in [9.17, 15) is 0 Å². The van der Waals surface area contributed by atoms with Gasteiger partial charge in [-0.15, -0.1) is 24.0 Å². The summed E-state index contributed by atoms with van der Waals surface area (Å²) < 4.78 is 11.0. The molecule has 0 bridgehead atoms. The lowest BCUT2D eigenvalue weighted by molar-refractivity contribution is 0.0372. The highest BCUT2D eigenvalue weighted by Gasteiger charge is 2.09. The molecule has 1 aliphatic rings. The molecule has 1 aliphatic heterocycles. The molecule has 0 saturated carbocycles. The summed E-state index contributed by atoms with van der Waals surface area (Å²) >= 11 is 0. The molecule has 1 heterocycles. The average Bonchev–Trinajstić information content (AvgIpc) is 2.66. The van der Waals surface area contributed by atoms with E-state index in [1.165, 1.54) is 6.42 Å². The fourth-order valence-electron chi connectivity index (χ4n) is 2.84. The van der Waals surface area contributed by atoms with Gasteiger partial charge in [0.1, 0.15) is 5.75 Å². The van der Waals surface area contributed by atoms with Crippen molar-refractivity contribution in [3.05, 3.63) is 29.8 Å². The molecule has 0 radical (unpaired) electrons. The predicted octanol–water partition coefficient (Wildman–Crippen LogP) is 2.48. The van der Waals surface area contributed by atoms with Gasteiger partial charge >= 0.3 is 0 Å². The SMILES string of the molecule is CCOc1ccccc1CNC(=NC)NCCCCN1CCOCC1.I. The fourth-order valence-corrected chi connectivity index (χ4v) is 2.84. The predicted molar refractivity (Wildman–Crippen MR) is 118 cm³/mol. The molecule has 2 N–H and O–H groups in total. The number of ether oxygens (including phenoxy) is 2. The zero-order valence-electron chi connectivity index (χ0n) is 16.0. The Balaban J connectivity index is 0.00000338. The van der Waals surface area contributed by atoms with E-state index in [4.69, 9.17) is 9.47 Å². The molecular weight excluding hydrogens is 443 g/mol. The van der Waals surface area contributed by atoms with E-state index in [1.54, 1.807) is 7.05 Å². The monoisotopic (exact) mass is 476 g/mol. The Morgan fingerprint density at radius 2 is 1.96 bits per heavy atom. The number of aliphatic imine (C=N–C) groups is 1. The van der Waals surface area contributed by atoms with E-state index in [0.29, 0.717) is 13.2 Å². The van der Waals surface area contributed by atoms with Crippen LogP contribution in [0.1, 0.15) is 25.3 Å². The second-order valence-corrected chi connectivity index (χ2v) is 6.05. The number of benzene rings is 1. The van der Waals surface area contributed by atoms with E-state index < -0.39 is 0 Å². The van der Waals surface area contributed by atoms with Crippen LogP contribution in [0.3, 0.4) is 0 Å². The van der Waals surface area contributed by atoms with Crippen molar-refractivity contribution in [2.45, 2.75) is 26.3 Å². The maximum atomic E-state index is 5.66. The number of unbranched alkanes of at least 4 members (excludes halogenated alkanes) is 1. The van der Waals surface area contributed by atoms with Crippen LogP contribution < -0.4 is 15.4 Å². The second-order valence-electron chi connectivity index (χ2n) is 6.05. The van der Waals surface area contributed by atoms with E-state index in [2.05, 4.69) is 26.6 Å². The van der Waals surface area contributed by atoms with Crippen molar-refractivity contribution >= 4 is 29.9 Å². The lowest BCUT2D eigenvalue weighted by Gasteiger charge is -2.26. The molecule has 0 unspecified atom stereocenters. The maximum absolute atomic E-state index is 5.66. The van der Waals surface area contributed by atoms with Gasteiger partial charge in [0.2, 0.25) is 0 Å². The summed E-state index contributed by atoms with van der Waals surface area (Å²) in [6.45, 7) is 9.33. The van der Waals surface area contributed by atoms with Crippen LogP contribution in [0.25, 0.3) is 0 Å². The van der Waals surface area contributed by atoms with Gasteiger partial charge in [0.05, 0.1) is 19.8 Å². The molecule has 1 fully saturated rings. The zero-order chi connectivity index (χ0) is 17.7. The second kappa shape index (κ2) is 14.1. The van der Waals surface area contributed by atoms with E-state index in [0.717, 1.165) is 63.1 Å². The van der Waals surface area contributed by atoms with Gasteiger partial charge in [-0.1, -0.05) is 18.2 Å². The van der Waals surface area contributed by atoms with Crippen LogP contribution in [-0.4, -0.2) is 63.9 Å². The smallest absolute Gasteiger partial charge is 0.191 e. The Bertz CT molecular complexity index is 522. The Kier molecular flexibility index (Phi) is 12.4. The first kappa shape index (κ1) is 23.0. The van der Waals surface area contributed by atoms with Crippen molar-refractivity contribution < 1.29 is 9.47 Å². The number of morpholine rings is 1. The van der Waals surface area contributed by atoms with Gasteiger partial charge < -0.3 is 20.1 Å². The summed E-state index contributed by atoms with van der Waals surface area (Å²) in [5, 5.41) is 6.74. The van der Waals surface area contributed by atoms with Gasteiger partial charge in [-0.05, 0) is 32.4 Å². The molecule has 1 aromatic rings. The van der Waals surface area contributed by atoms with Gasteiger partial charge in [-0.2, -0.15) is 0 Å². The summed E-state index contributed by atoms with van der Waals surface area (Å²) in [7, 11) is 1.80. The minimum absolute atomic E-state index is 0. The van der Waals surface area contributed by atoms with Crippen LogP contribution >= 0.6 is 24.0 Å². The number of rotatable bonds is 9. The maximum Gasteiger partial charge on any atom is 0.191 e. The highest BCUT2D eigenvalue weighted by atomic mass is 127. The zero-order valence-corrected chi connectivity index (χ0v) is 18.3. The molecule has 1 aromatic carbocycles. The van der Waals surface area contributed by atoms with Crippen LogP contribution in [0.5, 0.6) is 5.75 Å². The van der Waals surface area contributed by atoms with Gasteiger partial charge in [0.15, 0.2) is 5.96 Å². The van der Waals surface area contributed by atoms with Crippen LogP contribution in [0.4, 0.5) is 0 Å². The van der Waals surface area contributed by atoms with Crippen LogP contribution in [0.15, 0.2) is 29.3 Å². The molecule has 7 heteroatoms. The highest BCUT2D eigenvalue weighted by Crippen LogP contribution is 2.17. The van der Waals surface area contributed by atoms with Gasteiger partial charge in [-0.25, -0.2) is 0 Å². The molecule has 0 atom stereocenters. The minimum Gasteiger partial charge on any atom is -0.494 e. The van der Waals surface area contributed by atoms with Gasteiger partial charge in [0, 0.05) is 38.8 Å². The Morgan fingerprint density at radius 3 is 2.69 bits per heavy atom. The number of halogens is 1. The Morgan fingerprint density at radius 1 is 1.19 bits per heavy atom. The number of para-hydroxylation sites is 1. The molecule has 26 heavy (non-hydrogen) atoms. The largest absolute Gasteiger partial charge is 0.494 e. The Labute approximate surface area is 174 Å². The van der Waals surface area contributed by atoms with Crippen LogP contribution in [0, 0.1) is 0 Å². The van der Waals surface area contributed by atoms with E-state index in [-0.39, 0.29) is 24.0 Å². The molecule has 0 spiro atoms. The van der Waals surface area contributed by atoms with Crippen molar-refractivity contribution in [3.8, 4) is 5.75 Å². The van der Waals surface area contributed by atoms with Crippen molar-refractivity contribution in [2.24, 2.45) is 4.99 Å². The van der Waals surface area contributed by atoms with E-state index in [1.807, 2.05) is 25.1 Å². The fraction of sp³-hybridized carbons (Fsp3) is 0.632. The topological polar surface area (TPSA) is 58.1 Å². The standard InChI is InChI=1S/C19H32N4O2.HI/c1-3-25-18-9-5-4-8-17(18)16-22-19(20-2)21-10-6-7-11-23-12-14-24-15-13-23;/h4-5,8-9H,3,6-7,10-16H2,1-2H3,(H2,20,21,22);1H. The first-order valence-electron chi connectivity index (χ1n) is 9.28. The third-order valence-electron chi connectivity index (χ3n) is 4.24. The molecule has 0 aromatic heterocycles. The molecule has 6 nitrogen and oxygen atoms in total. The lowest BCUT2D eigenvalue weighted by atomic mass is 10.2. The molecule has 0 aliphatic carbocycles. The van der Waals surface area contributed by atoms with Crippen LogP contribution in [0.2, 0.25) is 0 Å². The van der Waals surface area contributed by atoms with E-state index >= 15 is 0 Å². The first-order chi connectivity index (χ1) is 12.3. The Hall–Kier alpha value is -1.06. The molecule has 0 amide bonds. The van der Waals surface area contributed by atoms with Crippen molar-refractivity contribution in [1.82, 2.24) is 15.5 Å². The number of nitrogens with zero attached hydrogens (tertiary/aromatic N) is 2. The first-order valence-corrected chi connectivity index (χ1v) is 9.28. The van der Waals surface area contributed by atoms with Crippen molar-refractivity contribution in [1.29, 1.82) is 0 Å². The molecule has 1 saturated heterocycles. The van der Waals surface area contributed by atoms with Gasteiger partial charge in [-0.3, -0.25) is 9.89 Å². The number of hydrogen-bond donors (Lipinski definition) is 2. The number of nitrogens with one attached hydrogen (secondary N) is 2. The lowest BCUT2D eigenvalue weighted by Crippen LogP contribution is -2.38. The molecular formula is C19H33IN4O2. The quantitative estimate of drug-likeness (QED) is 0.248. The highest BCUT2D eigenvalue weighted by molar-refractivity contribution is 14.0. The summed E-state index contributed by atoms with van der Waals surface area (Å²) in [6.07, 6.45) is 2.32. The number of hydrogen-bond acceptors (Lipinski definition) is 4. The summed E-state index contributed by atoms with van der Waals surface area (Å²) in [5.74, 6) is 1.76. The van der Waals surface area contributed by atoms with Crippen LogP contribution in [-0.2, 0) is 11.3 Å². The number of guanidine groups is 1. The van der Waals surface area contributed by atoms with Crippen molar-refractivity contribution in [3.63, 3.8) is 0 Å². The third kappa shape index (κ3) is 8.55.